The van der Waals surface area contributed by atoms with Gasteiger partial charge in [-0.3, -0.25) is 0 Å². The molecule has 0 atom stereocenters. The smallest absolute Gasteiger partial charge is 0.159 e. The highest BCUT2D eigenvalue weighted by molar-refractivity contribution is 5.60. The Morgan fingerprint density at radius 3 is 2.70 bits per heavy atom. The molecule has 1 aromatic carbocycles. The third-order valence-corrected chi connectivity index (χ3v) is 4.83. The van der Waals surface area contributed by atoms with Crippen molar-refractivity contribution in [3.8, 4) is 11.4 Å². The highest BCUT2D eigenvalue weighted by Gasteiger charge is 2.27. The van der Waals surface area contributed by atoms with Crippen LogP contribution in [-0.4, -0.2) is 36.1 Å². The first-order valence-electron chi connectivity index (χ1n) is 8.40. The number of aromatic nitrogens is 2. The maximum atomic E-state index is 13.5. The molecule has 1 saturated carbocycles. The van der Waals surface area contributed by atoms with Crippen LogP contribution in [0, 0.1) is 5.82 Å². The fourth-order valence-corrected chi connectivity index (χ4v) is 3.29. The lowest BCUT2D eigenvalue weighted by Crippen LogP contribution is -2.44. The Hall–Kier alpha value is -2.01. The van der Waals surface area contributed by atoms with E-state index >= 15 is 0 Å². The molecule has 1 aliphatic heterocycles. The van der Waals surface area contributed by atoms with E-state index in [0.29, 0.717) is 11.7 Å². The van der Waals surface area contributed by atoms with Gasteiger partial charge in [-0.2, -0.15) is 0 Å². The average molecular weight is 312 g/mol. The van der Waals surface area contributed by atoms with Gasteiger partial charge in [-0.15, -0.1) is 0 Å². The highest BCUT2D eigenvalue weighted by atomic mass is 19.1. The van der Waals surface area contributed by atoms with Gasteiger partial charge in [0.25, 0.3) is 0 Å². The largest absolute Gasteiger partial charge is 0.366 e. The number of hydrogen-bond donors (Lipinski definition) is 1. The molecule has 4 nitrogen and oxygen atoms in total. The highest BCUT2D eigenvalue weighted by Crippen LogP contribution is 2.40. The number of hydrogen-bond acceptors (Lipinski definition) is 4. The van der Waals surface area contributed by atoms with Crippen LogP contribution < -0.4 is 10.2 Å². The fraction of sp³-hybridized carbons (Fsp3) is 0.444. The SMILES string of the molecule is Fc1cccc(-c2ncc(N3CCNCC3)c(C3CCC3)n2)c1. The van der Waals surface area contributed by atoms with Gasteiger partial charge in [0.2, 0.25) is 0 Å². The number of nitrogens with zero attached hydrogens (tertiary/aromatic N) is 3. The van der Waals surface area contributed by atoms with E-state index in [1.54, 1.807) is 6.07 Å². The predicted molar refractivity (Wildman–Crippen MR) is 89.1 cm³/mol. The van der Waals surface area contributed by atoms with Crippen molar-refractivity contribution in [2.45, 2.75) is 25.2 Å². The summed E-state index contributed by atoms with van der Waals surface area (Å²) in [5.41, 5.74) is 3.06. The number of benzene rings is 1. The minimum atomic E-state index is -0.248. The summed E-state index contributed by atoms with van der Waals surface area (Å²) in [7, 11) is 0. The molecule has 5 heteroatoms. The Morgan fingerprint density at radius 1 is 1.17 bits per heavy atom. The van der Waals surface area contributed by atoms with Crippen molar-refractivity contribution in [2.75, 3.05) is 31.1 Å². The van der Waals surface area contributed by atoms with E-state index in [2.05, 4.69) is 15.2 Å². The maximum absolute atomic E-state index is 13.5. The fourth-order valence-electron chi connectivity index (χ4n) is 3.29. The van der Waals surface area contributed by atoms with Crippen molar-refractivity contribution in [3.63, 3.8) is 0 Å². The molecule has 23 heavy (non-hydrogen) atoms. The van der Waals surface area contributed by atoms with Crippen LogP contribution >= 0.6 is 0 Å². The topological polar surface area (TPSA) is 41.1 Å². The Morgan fingerprint density at radius 2 is 2.00 bits per heavy atom. The third kappa shape index (κ3) is 2.93. The average Bonchev–Trinajstić information content (AvgIpc) is 2.54. The van der Waals surface area contributed by atoms with Crippen LogP contribution in [0.2, 0.25) is 0 Å². The van der Waals surface area contributed by atoms with Gasteiger partial charge in [0.15, 0.2) is 5.82 Å². The van der Waals surface area contributed by atoms with E-state index in [-0.39, 0.29) is 5.82 Å². The maximum Gasteiger partial charge on any atom is 0.159 e. The number of piperazine rings is 1. The van der Waals surface area contributed by atoms with Crippen molar-refractivity contribution >= 4 is 5.69 Å². The summed E-state index contributed by atoms with van der Waals surface area (Å²) in [6.07, 6.45) is 5.59. The Labute approximate surface area is 135 Å². The quantitative estimate of drug-likeness (QED) is 0.946. The van der Waals surface area contributed by atoms with Gasteiger partial charge in [0.05, 0.1) is 17.6 Å². The summed E-state index contributed by atoms with van der Waals surface area (Å²) in [5, 5.41) is 3.38. The lowest BCUT2D eigenvalue weighted by atomic mass is 9.82. The monoisotopic (exact) mass is 312 g/mol. The molecule has 1 saturated heterocycles. The van der Waals surface area contributed by atoms with Crippen molar-refractivity contribution < 1.29 is 4.39 Å². The minimum Gasteiger partial charge on any atom is -0.366 e. The van der Waals surface area contributed by atoms with Crippen LogP contribution in [0.25, 0.3) is 11.4 Å². The molecule has 1 aliphatic carbocycles. The number of nitrogens with one attached hydrogen (secondary N) is 1. The van der Waals surface area contributed by atoms with Crippen LogP contribution in [-0.2, 0) is 0 Å². The van der Waals surface area contributed by atoms with Gasteiger partial charge in [0, 0.05) is 37.7 Å². The summed E-state index contributed by atoms with van der Waals surface area (Å²) in [5.74, 6) is 0.906. The second-order valence-electron chi connectivity index (χ2n) is 6.34. The molecule has 0 bridgehead atoms. The standard InChI is InChI=1S/C18H21FN4/c19-15-6-2-5-14(11-15)18-21-12-16(23-9-7-20-8-10-23)17(22-18)13-3-1-4-13/h2,5-6,11-13,20H,1,3-4,7-10H2. The van der Waals surface area contributed by atoms with Crippen LogP contribution in [0.15, 0.2) is 30.5 Å². The van der Waals surface area contributed by atoms with E-state index in [4.69, 9.17) is 4.98 Å². The van der Waals surface area contributed by atoms with Crippen molar-refractivity contribution in [1.82, 2.24) is 15.3 Å². The summed E-state index contributed by atoms with van der Waals surface area (Å²) in [4.78, 5) is 11.7. The lowest BCUT2D eigenvalue weighted by Gasteiger charge is -2.34. The number of rotatable bonds is 3. The summed E-state index contributed by atoms with van der Waals surface area (Å²) < 4.78 is 13.5. The van der Waals surface area contributed by atoms with E-state index in [1.807, 2.05) is 12.3 Å². The van der Waals surface area contributed by atoms with Gasteiger partial charge in [-0.1, -0.05) is 18.6 Å². The van der Waals surface area contributed by atoms with Crippen molar-refractivity contribution in [1.29, 1.82) is 0 Å². The molecule has 1 N–H and O–H groups in total. The van der Waals surface area contributed by atoms with Crippen LogP contribution in [0.5, 0.6) is 0 Å². The third-order valence-electron chi connectivity index (χ3n) is 4.83. The van der Waals surface area contributed by atoms with Crippen LogP contribution in [0.4, 0.5) is 10.1 Å². The molecule has 120 valence electrons. The van der Waals surface area contributed by atoms with Gasteiger partial charge >= 0.3 is 0 Å². The lowest BCUT2D eigenvalue weighted by molar-refractivity contribution is 0.410. The van der Waals surface area contributed by atoms with Crippen molar-refractivity contribution in [2.24, 2.45) is 0 Å². The molecular weight excluding hydrogens is 291 g/mol. The first-order chi connectivity index (χ1) is 11.3. The second-order valence-corrected chi connectivity index (χ2v) is 6.34. The van der Waals surface area contributed by atoms with E-state index < -0.39 is 0 Å². The normalized spacial score (nSPS) is 18.7. The van der Waals surface area contributed by atoms with Gasteiger partial charge in [-0.25, -0.2) is 14.4 Å². The van der Waals surface area contributed by atoms with E-state index in [0.717, 1.165) is 43.1 Å². The molecule has 1 aromatic heterocycles. The first kappa shape index (κ1) is 14.6. The van der Waals surface area contributed by atoms with E-state index in [9.17, 15) is 4.39 Å². The molecule has 2 fully saturated rings. The van der Waals surface area contributed by atoms with Gasteiger partial charge < -0.3 is 10.2 Å². The molecule has 2 heterocycles. The molecule has 0 amide bonds. The van der Waals surface area contributed by atoms with Crippen LogP contribution in [0.3, 0.4) is 0 Å². The second kappa shape index (κ2) is 6.24. The molecule has 0 radical (unpaired) electrons. The molecule has 0 spiro atoms. The molecular formula is C18H21FN4. The zero-order chi connectivity index (χ0) is 15.6. The number of anilines is 1. The molecule has 4 rings (SSSR count). The number of halogens is 1. The van der Waals surface area contributed by atoms with E-state index in [1.165, 1.54) is 31.4 Å². The molecule has 0 unspecified atom stereocenters. The zero-order valence-corrected chi connectivity index (χ0v) is 13.1. The summed E-state index contributed by atoms with van der Waals surface area (Å²) >= 11 is 0. The van der Waals surface area contributed by atoms with Gasteiger partial charge in [-0.05, 0) is 25.0 Å². The van der Waals surface area contributed by atoms with Gasteiger partial charge in [0.1, 0.15) is 5.82 Å². The molecule has 2 aliphatic rings. The van der Waals surface area contributed by atoms with Crippen LogP contribution in [0.1, 0.15) is 30.9 Å². The minimum absolute atomic E-state index is 0.248. The summed E-state index contributed by atoms with van der Waals surface area (Å²) in [6.45, 7) is 3.97. The zero-order valence-electron chi connectivity index (χ0n) is 13.1. The van der Waals surface area contributed by atoms with Crippen molar-refractivity contribution in [3.05, 3.63) is 42.0 Å². The Kier molecular flexibility index (Phi) is 3.95. The Bertz CT molecular complexity index is 693. The molecule has 2 aromatic rings. The Balaban J connectivity index is 1.72. The predicted octanol–water partition coefficient (Wildman–Crippen LogP) is 2.96. The summed E-state index contributed by atoms with van der Waals surface area (Å²) in [6, 6.07) is 6.53. The first-order valence-corrected chi connectivity index (χ1v) is 8.40.